The van der Waals surface area contributed by atoms with Gasteiger partial charge in [0, 0.05) is 11.4 Å². The molecule has 0 aliphatic rings. The molecule has 7 nitrogen and oxygen atoms in total. The molecule has 7 heteroatoms. The number of carbonyl (C=O) groups is 2. The molecule has 3 amide bonds. The summed E-state index contributed by atoms with van der Waals surface area (Å²) in [6, 6.07) is 13.3. The summed E-state index contributed by atoms with van der Waals surface area (Å²) in [5.41, 5.74) is 1.85. The molecule has 0 aliphatic heterocycles. The summed E-state index contributed by atoms with van der Waals surface area (Å²) in [7, 11) is 3.15. The van der Waals surface area contributed by atoms with E-state index in [-0.39, 0.29) is 6.42 Å². The Bertz CT molecular complexity index is 783. The van der Waals surface area contributed by atoms with Gasteiger partial charge < -0.3 is 14.8 Å². The summed E-state index contributed by atoms with van der Waals surface area (Å²) in [5.74, 6) is 0.970. The maximum absolute atomic E-state index is 12.0. The number of ether oxygens (including phenoxy) is 2. The van der Waals surface area contributed by atoms with E-state index in [0.29, 0.717) is 22.8 Å². The lowest BCUT2D eigenvalue weighted by Gasteiger charge is -2.07. The van der Waals surface area contributed by atoms with Gasteiger partial charge in [0.2, 0.25) is 5.91 Å². The Morgan fingerprint density at radius 2 is 1.46 bits per heavy atom. The van der Waals surface area contributed by atoms with Crippen LogP contribution >= 0.6 is 0 Å². The third kappa shape index (κ3) is 5.94. The number of urea groups is 1. The van der Waals surface area contributed by atoms with Crippen molar-refractivity contribution in [3.8, 4) is 11.5 Å². The molecule has 0 bridgehead atoms. The zero-order chi connectivity index (χ0) is 18.9. The average molecular weight is 355 g/mol. The van der Waals surface area contributed by atoms with E-state index >= 15 is 0 Å². The first kappa shape index (κ1) is 19.0. The van der Waals surface area contributed by atoms with Crippen LogP contribution in [0.3, 0.4) is 0 Å². The van der Waals surface area contributed by atoms with Crippen LogP contribution in [0.15, 0.2) is 53.5 Å². The molecule has 0 aromatic heterocycles. The monoisotopic (exact) mass is 355 g/mol. The molecule has 0 spiro atoms. The first-order valence-corrected chi connectivity index (χ1v) is 7.93. The predicted molar refractivity (Wildman–Crippen MR) is 101 cm³/mol. The van der Waals surface area contributed by atoms with Gasteiger partial charge in [-0.25, -0.2) is 4.79 Å². The van der Waals surface area contributed by atoms with Crippen molar-refractivity contribution in [2.45, 2.75) is 13.3 Å². The van der Waals surface area contributed by atoms with Crippen LogP contribution in [0.5, 0.6) is 11.5 Å². The number of hydrogen-bond donors (Lipinski definition) is 2. The molecule has 2 aromatic carbocycles. The Hall–Kier alpha value is -3.35. The van der Waals surface area contributed by atoms with Gasteiger partial charge in [-0.05, 0) is 55.5 Å². The van der Waals surface area contributed by atoms with Crippen molar-refractivity contribution in [3.05, 3.63) is 48.5 Å². The average Bonchev–Trinajstić information content (AvgIpc) is 2.62. The highest BCUT2D eigenvalue weighted by atomic mass is 16.5. The molecular weight excluding hydrogens is 334 g/mol. The number of anilines is 1. The molecule has 0 aliphatic carbocycles. The standard InChI is InChI=1S/C19H21N3O4/c1-13(20-14-4-8-16(25-2)9-5-14)12-18(23)22-19(24)21-15-6-10-17(26-3)11-7-15/h4-11H,12H2,1-3H3,(H2,21,22,23,24). The lowest BCUT2D eigenvalue weighted by atomic mass is 10.2. The van der Waals surface area contributed by atoms with Crippen molar-refractivity contribution in [3.63, 3.8) is 0 Å². The number of hydrogen-bond acceptors (Lipinski definition) is 5. The van der Waals surface area contributed by atoms with Gasteiger partial charge in [-0.15, -0.1) is 0 Å². The van der Waals surface area contributed by atoms with Crippen molar-refractivity contribution in [2.75, 3.05) is 19.5 Å². The van der Waals surface area contributed by atoms with Crippen LogP contribution in [0, 0.1) is 0 Å². The first-order chi connectivity index (χ1) is 12.5. The minimum Gasteiger partial charge on any atom is -0.497 e. The summed E-state index contributed by atoms with van der Waals surface area (Å²) >= 11 is 0. The molecule has 0 atom stereocenters. The summed E-state index contributed by atoms with van der Waals surface area (Å²) < 4.78 is 10.1. The fraction of sp³-hybridized carbons (Fsp3) is 0.211. The molecule has 0 saturated carbocycles. The quantitative estimate of drug-likeness (QED) is 0.776. The van der Waals surface area contributed by atoms with Gasteiger partial charge in [-0.3, -0.25) is 15.1 Å². The highest BCUT2D eigenvalue weighted by molar-refractivity contribution is 6.08. The molecule has 0 radical (unpaired) electrons. The number of rotatable bonds is 6. The first-order valence-electron chi connectivity index (χ1n) is 7.93. The van der Waals surface area contributed by atoms with Crippen LogP contribution in [0.4, 0.5) is 16.2 Å². The van der Waals surface area contributed by atoms with Crippen molar-refractivity contribution < 1.29 is 19.1 Å². The molecule has 0 saturated heterocycles. The van der Waals surface area contributed by atoms with Crippen LogP contribution < -0.4 is 20.1 Å². The van der Waals surface area contributed by atoms with E-state index in [0.717, 1.165) is 5.75 Å². The topological polar surface area (TPSA) is 89.0 Å². The lowest BCUT2D eigenvalue weighted by Crippen LogP contribution is -2.35. The van der Waals surface area contributed by atoms with E-state index in [1.165, 1.54) is 0 Å². The lowest BCUT2D eigenvalue weighted by molar-refractivity contribution is -0.118. The van der Waals surface area contributed by atoms with Gasteiger partial charge >= 0.3 is 6.03 Å². The highest BCUT2D eigenvalue weighted by Gasteiger charge is 2.09. The van der Waals surface area contributed by atoms with Crippen molar-refractivity contribution in [1.29, 1.82) is 0 Å². The van der Waals surface area contributed by atoms with E-state index in [2.05, 4.69) is 15.6 Å². The number of nitrogens with one attached hydrogen (secondary N) is 2. The smallest absolute Gasteiger partial charge is 0.325 e. The van der Waals surface area contributed by atoms with Gasteiger partial charge in [-0.2, -0.15) is 0 Å². The van der Waals surface area contributed by atoms with Gasteiger partial charge in [-0.1, -0.05) is 0 Å². The highest BCUT2D eigenvalue weighted by Crippen LogP contribution is 2.18. The van der Waals surface area contributed by atoms with Gasteiger partial charge in [0.25, 0.3) is 0 Å². The molecule has 26 heavy (non-hydrogen) atoms. The fourth-order valence-electron chi connectivity index (χ4n) is 2.16. The second kappa shape index (κ2) is 9.22. The minimum absolute atomic E-state index is 0.0159. The predicted octanol–water partition coefficient (Wildman–Crippen LogP) is 3.53. The van der Waals surface area contributed by atoms with E-state index in [1.54, 1.807) is 69.7 Å². The van der Waals surface area contributed by atoms with Gasteiger partial charge in [0.05, 0.1) is 26.3 Å². The molecule has 2 rings (SSSR count). The normalized spacial score (nSPS) is 10.8. The molecule has 0 heterocycles. The number of aliphatic imine (C=N–C) groups is 1. The Balaban J connectivity index is 1.85. The fourth-order valence-corrected chi connectivity index (χ4v) is 2.16. The SMILES string of the molecule is COc1ccc(N=C(C)CC(=O)NC(=O)Nc2ccc(OC)cc2)cc1. The van der Waals surface area contributed by atoms with Crippen LogP contribution in [0.2, 0.25) is 0 Å². The minimum atomic E-state index is -0.600. The zero-order valence-electron chi connectivity index (χ0n) is 14.9. The van der Waals surface area contributed by atoms with Crippen molar-refractivity contribution in [1.82, 2.24) is 5.32 Å². The van der Waals surface area contributed by atoms with Crippen LogP contribution in [-0.4, -0.2) is 31.9 Å². The van der Waals surface area contributed by atoms with Crippen LogP contribution in [0.25, 0.3) is 0 Å². The van der Waals surface area contributed by atoms with Gasteiger partial charge in [0.15, 0.2) is 0 Å². The summed E-state index contributed by atoms with van der Waals surface area (Å²) in [4.78, 5) is 28.2. The number of methoxy groups -OCH3 is 2. The molecule has 136 valence electrons. The number of nitrogens with zero attached hydrogens (tertiary/aromatic N) is 1. The molecule has 0 unspecified atom stereocenters. The van der Waals surface area contributed by atoms with E-state index in [1.807, 2.05) is 0 Å². The number of carbonyl (C=O) groups excluding carboxylic acids is 2. The molecule has 0 fully saturated rings. The van der Waals surface area contributed by atoms with Gasteiger partial charge in [0.1, 0.15) is 11.5 Å². The van der Waals surface area contributed by atoms with Crippen LogP contribution in [0.1, 0.15) is 13.3 Å². The Labute approximate surface area is 152 Å². The maximum Gasteiger partial charge on any atom is 0.325 e. The molecule has 2 N–H and O–H groups in total. The zero-order valence-corrected chi connectivity index (χ0v) is 14.9. The largest absolute Gasteiger partial charge is 0.497 e. The van der Waals surface area contributed by atoms with E-state index in [4.69, 9.17) is 9.47 Å². The summed E-state index contributed by atoms with van der Waals surface area (Å²) in [6.07, 6.45) is 0.0159. The second-order valence-corrected chi connectivity index (χ2v) is 5.45. The Morgan fingerprint density at radius 3 is 2.00 bits per heavy atom. The van der Waals surface area contributed by atoms with E-state index in [9.17, 15) is 9.59 Å². The number of benzene rings is 2. The number of amides is 3. The van der Waals surface area contributed by atoms with Crippen LogP contribution in [-0.2, 0) is 4.79 Å². The molecular formula is C19H21N3O4. The maximum atomic E-state index is 12.0. The second-order valence-electron chi connectivity index (χ2n) is 5.45. The summed E-state index contributed by atoms with van der Waals surface area (Å²) in [5, 5.41) is 4.85. The third-order valence-corrected chi connectivity index (χ3v) is 3.41. The van der Waals surface area contributed by atoms with Crippen molar-refractivity contribution >= 4 is 29.0 Å². The van der Waals surface area contributed by atoms with Crippen molar-refractivity contribution in [2.24, 2.45) is 4.99 Å². The summed E-state index contributed by atoms with van der Waals surface area (Å²) in [6.45, 7) is 1.73. The number of imide groups is 1. The Kier molecular flexibility index (Phi) is 6.73. The molecule has 2 aromatic rings. The third-order valence-electron chi connectivity index (χ3n) is 3.41. The Morgan fingerprint density at radius 1 is 0.923 bits per heavy atom. The van der Waals surface area contributed by atoms with E-state index < -0.39 is 11.9 Å².